The molecule has 172 valence electrons. The molecular formula is C23H32N6O2S. The summed E-state index contributed by atoms with van der Waals surface area (Å²) in [6.45, 7) is 5.97. The molecule has 9 heteroatoms. The van der Waals surface area contributed by atoms with E-state index in [-0.39, 0.29) is 18.6 Å². The lowest BCUT2D eigenvalue weighted by atomic mass is 10.1. The van der Waals surface area contributed by atoms with E-state index in [1.165, 1.54) is 0 Å². The fourth-order valence-electron chi connectivity index (χ4n) is 3.87. The second-order valence-electron chi connectivity index (χ2n) is 8.24. The predicted molar refractivity (Wildman–Crippen MR) is 129 cm³/mol. The SMILES string of the molecule is CN1CCN(c2cnc(Sc3cccc(NC(=O)CN)c3)c(OC3CCNCC3)c2)CC1. The summed E-state index contributed by atoms with van der Waals surface area (Å²) in [6.07, 6.45) is 4.12. The second-order valence-corrected chi connectivity index (χ2v) is 9.30. The van der Waals surface area contributed by atoms with Crippen LogP contribution in [0.5, 0.6) is 5.75 Å². The highest BCUT2D eigenvalue weighted by atomic mass is 32.2. The van der Waals surface area contributed by atoms with Gasteiger partial charge in [-0.05, 0) is 51.2 Å². The molecule has 2 fully saturated rings. The molecule has 0 radical (unpaired) electrons. The Hall–Kier alpha value is -2.33. The zero-order valence-corrected chi connectivity index (χ0v) is 19.4. The number of aromatic nitrogens is 1. The fraction of sp³-hybridized carbons (Fsp3) is 0.478. The van der Waals surface area contributed by atoms with Gasteiger partial charge in [0.05, 0.1) is 18.4 Å². The van der Waals surface area contributed by atoms with Crippen molar-refractivity contribution in [2.75, 3.05) is 63.1 Å². The molecule has 2 aromatic rings. The Labute approximate surface area is 193 Å². The fourth-order valence-corrected chi connectivity index (χ4v) is 4.74. The summed E-state index contributed by atoms with van der Waals surface area (Å²) in [6, 6.07) is 9.85. The van der Waals surface area contributed by atoms with E-state index in [1.54, 1.807) is 11.8 Å². The van der Waals surface area contributed by atoms with E-state index in [2.05, 4.69) is 33.5 Å². The van der Waals surface area contributed by atoms with Crippen molar-refractivity contribution >= 4 is 29.0 Å². The van der Waals surface area contributed by atoms with E-state index in [1.807, 2.05) is 30.5 Å². The zero-order valence-electron chi connectivity index (χ0n) is 18.5. The monoisotopic (exact) mass is 456 g/mol. The van der Waals surface area contributed by atoms with Crippen molar-refractivity contribution in [3.63, 3.8) is 0 Å². The molecule has 2 aliphatic heterocycles. The van der Waals surface area contributed by atoms with E-state index in [4.69, 9.17) is 15.5 Å². The van der Waals surface area contributed by atoms with Gasteiger partial charge >= 0.3 is 0 Å². The molecule has 1 aromatic heterocycles. The first kappa shape index (κ1) is 22.8. The van der Waals surface area contributed by atoms with Gasteiger partial charge in [0.25, 0.3) is 0 Å². The van der Waals surface area contributed by atoms with E-state index < -0.39 is 0 Å². The Balaban J connectivity index is 1.55. The number of nitrogens with one attached hydrogen (secondary N) is 2. The molecule has 1 aromatic carbocycles. The molecule has 4 rings (SSSR count). The smallest absolute Gasteiger partial charge is 0.238 e. The summed E-state index contributed by atoms with van der Waals surface area (Å²) in [7, 11) is 2.16. The minimum atomic E-state index is -0.211. The van der Waals surface area contributed by atoms with Gasteiger partial charge in [-0.15, -0.1) is 0 Å². The first-order chi connectivity index (χ1) is 15.6. The summed E-state index contributed by atoms with van der Waals surface area (Å²) < 4.78 is 6.48. The molecule has 3 heterocycles. The third kappa shape index (κ3) is 6.13. The number of anilines is 2. The van der Waals surface area contributed by atoms with Crippen molar-refractivity contribution in [2.45, 2.75) is 28.9 Å². The number of piperazine rings is 1. The van der Waals surface area contributed by atoms with Gasteiger partial charge in [-0.2, -0.15) is 0 Å². The van der Waals surface area contributed by atoms with Crippen molar-refractivity contribution in [1.29, 1.82) is 0 Å². The standard InChI is InChI=1S/C23H32N6O2S/c1-28-9-11-29(12-10-28)18-14-21(31-19-5-7-25-8-6-19)23(26-16-18)32-20-4-2-3-17(13-20)27-22(30)15-24/h2-4,13-14,16,19,25H,5-12,15,24H2,1H3,(H,27,30). The lowest BCUT2D eigenvalue weighted by molar-refractivity contribution is -0.114. The minimum absolute atomic E-state index is 0.0408. The second kappa shape index (κ2) is 11.0. The van der Waals surface area contributed by atoms with Crippen LogP contribution < -0.4 is 26.0 Å². The highest BCUT2D eigenvalue weighted by molar-refractivity contribution is 7.99. The molecule has 0 bridgehead atoms. The third-order valence-corrected chi connectivity index (χ3v) is 6.76. The van der Waals surface area contributed by atoms with Gasteiger partial charge < -0.3 is 30.9 Å². The van der Waals surface area contributed by atoms with Crippen molar-refractivity contribution in [2.24, 2.45) is 5.73 Å². The van der Waals surface area contributed by atoms with Crippen LogP contribution in [-0.4, -0.2) is 74.8 Å². The van der Waals surface area contributed by atoms with Crippen LogP contribution in [0.2, 0.25) is 0 Å². The van der Waals surface area contributed by atoms with Crippen molar-refractivity contribution in [1.82, 2.24) is 15.2 Å². The van der Waals surface area contributed by atoms with Gasteiger partial charge in [0, 0.05) is 42.8 Å². The van der Waals surface area contributed by atoms with Crippen LogP contribution in [0.4, 0.5) is 11.4 Å². The highest BCUT2D eigenvalue weighted by Crippen LogP contribution is 2.37. The number of carbonyl (C=O) groups excluding carboxylic acids is 1. The van der Waals surface area contributed by atoms with E-state index in [0.29, 0.717) is 0 Å². The van der Waals surface area contributed by atoms with Crippen molar-refractivity contribution < 1.29 is 9.53 Å². The number of piperidine rings is 1. The van der Waals surface area contributed by atoms with Gasteiger partial charge in [0.2, 0.25) is 5.91 Å². The van der Waals surface area contributed by atoms with Crippen LogP contribution in [0.15, 0.2) is 46.5 Å². The van der Waals surface area contributed by atoms with Crippen molar-refractivity contribution in [3.05, 3.63) is 36.5 Å². The molecule has 0 atom stereocenters. The Kier molecular flexibility index (Phi) is 7.85. The Morgan fingerprint density at radius 1 is 1.25 bits per heavy atom. The average molecular weight is 457 g/mol. The number of likely N-dealkylation sites (N-methyl/N-ethyl adjacent to an activating group) is 1. The maximum Gasteiger partial charge on any atom is 0.238 e. The number of pyridine rings is 1. The Morgan fingerprint density at radius 2 is 2.03 bits per heavy atom. The average Bonchev–Trinajstić information content (AvgIpc) is 2.81. The molecule has 2 aliphatic rings. The Morgan fingerprint density at radius 3 is 2.78 bits per heavy atom. The van der Waals surface area contributed by atoms with Crippen molar-refractivity contribution in [3.8, 4) is 5.75 Å². The normalized spacial score (nSPS) is 17.9. The van der Waals surface area contributed by atoms with Gasteiger partial charge in [-0.3, -0.25) is 4.79 Å². The summed E-state index contributed by atoms with van der Waals surface area (Å²) >= 11 is 1.55. The molecule has 8 nitrogen and oxygen atoms in total. The molecule has 2 saturated heterocycles. The number of nitrogens with zero attached hydrogens (tertiary/aromatic N) is 3. The molecule has 32 heavy (non-hydrogen) atoms. The summed E-state index contributed by atoms with van der Waals surface area (Å²) in [5.41, 5.74) is 7.25. The quantitative estimate of drug-likeness (QED) is 0.582. The topological polar surface area (TPSA) is 95.8 Å². The van der Waals surface area contributed by atoms with Crippen LogP contribution in [0.1, 0.15) is 12.8 Å². The van der Waals surface area contributed by atoms with E-state index in [9.17, 15) is 4.79 Å². The summed E-state index contributed by atoms with van der Waals surface area (Å²) in [5.74, 6) is 0.617. The van der Waals surface area contributed by atoms with E-state index >= 15 is 0 Å². The first-order valence-corrected chi connectivity index (χ1v) is 12.0. The zero-order chi connectivity index (χ0) is 22.3. The van der Waals surface area contributed by atoms with Gasteiger partial charge in [-0.1, -0.05) is 17.8 Å². The summed E-state index contributed by atoms with van der Waals surface area (Å²) in [5, 5.41) is 7.04. The largest absolute Gasteiger partial charge is 0.487 e. The maximum atomic E-state index is 11.6. The number of rotatable bonds is 7. The number of nitrogens with two attached hydrogens (primary N) is 1. The molecule has 0 unspecified atom stereocenters. The number of carbonyl (C=O) groups is 1. The molecule has 0 aliphatic carbocycles. The van der Waals surface area contributed by atoms with Crippen LogP contribution in [0.3, 0.4) is 0 Å². The van der Waals surface area contributed by atoms with Crippen LogP contribution in [0.25, 0.3) is 0 Å². The van der Waals surface area contributed by atoms with Crippen LogP contribution in [0, 0.1) is 0 Å². The number of hydrogen-bond donors (Lipinski definition) is 3. The van der Waals surface area contributed by atoms with Gasteiger partial charge in [0.1, 0.15) is 11.1 Å². The number of benzene rings is 1. The molecule has 4 N–H and O–H groups in total. The van der Waals surface area contributed by atoms with E-state index in [0.717, 1.165) is 79.2 Å². The molecule has 1 amide bonds. The number of ether oxygens (including phenoxy) is 1. The number of hydrogen-bond acceptors (Lipinski definition) is 8. The molecular weight excluding hydrogens is 424 g/mol. The highest BCUT2D eigenvalue weighted by Gasteiger charge is 2.21. The lowest BCUT2D eigenvalue weighted by Gasteiger charge is -2.34. The van der Waals surface area contributed by atoms with Gasteiger partial charge in [-0.25, -0.2) is 4.98 Å². The number of amides is 1. The minimum Gasteiger partial charge on any atom is -0.487 e. The van der Waals surface area contributed by atoms with Crippen LogP contribution >= 0.6 is 11.8 Å². The molecule has 0 spiro atoms. The first-order valence-electron chi connectivity index (χ1n) is 11.2. The maximum absolute atomic E-state index is 11.6. The molecule has 0 saturated carbocycles. The third-order valence-electron chi connectivity index (χ3n) is 5.77. The summed E-state index contributed by atoms with van der Waals surface area (Å²) in [4.78, 5) is 22.1. The predicted octanol–water partition coefficient (Wildman–Crippen LogP) is 2.01. The van der Waals surface area contributed by atoms with Gasteiger partial charge in [0.15, 0.2) is 5.75 Å². The Bertz CT molecular complexity index is 913. The van der Waals surface area contributed by atoms with Crippen LogP contribution in [-0.2, 0) is 4.79 Å². The lowest BCUT2D eigenvalue weighted by Crippen LogP contribution is -2.44.